The summed E-state index contributed by atoms with van der Waals surface area (Å²) in [5.41, 5.74) is 5.39. The van der Waals surface area contributed by atoms with Gasteiger partial charge in [-0.25, -0.2) is 0 Å². The standard InChI is InChI=1S/C7H13F3N2/c1-12-3-2-5(6(11)4-12)7(8,9)10/h5-6H,2-4,11H2,1H3/t5-,6+/m1/s1. The van der Waals surface area contributed by atoms with Gasteiger partial charge in [-0.2, -0.15) is 13.2 Å². The van der Waals surface area contributed by atoms with Crippen LogP contribution < -0.4 is 5.73 Å². The van der Waals surface area contributed by atoms with Crippen LogP contribution in [0.1, 0.15) is 6.42 Å². The Bertz CT molecular complexity index is 157. The van der Waals surface area contributed by atoms with Crippen molar-refractivity contribution in [2.75, 3.05) is 20.1 Å². The van der Waals surface area contributed by atoms with E-state index in [1.807, 2.05) is 4.90 Å². The first-order valence-corrected chi connectivity index (χ1v) is 3.92. The monoisotopic (exact) mass is 182 g/mol. The van der Waals surface area contributed by atoms with E-state index in [4.69, 9.17) is 5.73 Å². The SMILES string of the molecule is CN1CC[C@@H](C(F)(F)F)[C@@H](N)C1. The van der Waals surface area contributed by atoms with E-state index >= 15 is 0 Å². The molecule has 2 N–H and O–H groups in total. The molecular weight excluding hydrogens is 169 g/mol. The summed E-state index contributed by atoms with van der Waals surface area (Å²) in [5.74, 6) is -1.31. The lowest BCUT2D eigenvalue weighted by Gasteiger charge is -2.35. The van der Waals surface area contributed by atoms with Crippen LogP contribution in [0.15, 0.2) is 0 Å². The zero-order valence-electron chi connectivity index (χ0n) is 6.93. The molecular formula is C7H13F3N2. The summed E-state index contributed by atoms with van der Waals surface area (Å²) in [6.45, 7) is 0.821. The number of piperidine rings is 1. The number of halogens is 3. The Morgan fingerprint density at radius 2 is 2.00 bits per heavy atom. The minimum absolute atomic E-state index is 0.126. The third kappa shape index (κ3) is 2.10. The van der Waals surface area contributed by atoms with Gasteiger partial charge in [0.1, 0.15) is 0 Å². The number of alkyl halides is 3. The number of nitrogens with zero attached hydrogens (tertiary/aromatic N) is 1. The van der Waals surface area contributed by atoms with Gasteiger partial charge >= 0.3 is 6.18 Å². The van der Waals surface area contributed by atoms with E-state index in [1.165, 1.54) is 0 Å². The van der Waals surface area contributed by atoms with E-state index in [-0.39, 0.29) is 6.42 Å². The number of hydrogen-bond acceptors (Lipinski definition) is 2. The second-order valence-corrected chi connectivity index (χ2v) is 3.36. The molecule has 1 aliphatic heterocycles. The van der Waals surface area contributed by atoms with Crippen LogP contribution in [0, 0.1) is 5.92 Å². The zero-order valence-corrected chi connectivity index (χ0v) is 6.93. The molecule has 0 saturated carbocycles. The number of likely N-dealkylation sites (N-methyl/N-ethyl adjacent to an activating group) is 1. The number of nitrogens with two attached hydrogens (primary N) is 1. The fourth-order valence-electron chi connectivity index (χ4n) is 1.56. The molecule has 0 aromatic heterocycles. The minimum atomic E-state index is -4.12. The van der Waals surface area contributed by atoms with Crippen molar-refractivity contribution in [3.63, 3.8) is 0 Å². The quantitative estimate of drug-likeness (QED) is 0.601. The lowest BCUT2D eigenvalue weighted by atomic mass is 9.92. The fourth-order valence-corrected chi connectivity index (χ4v) is 1.56. The largest absolute Gasteiger partial charge is 0.393 e. The molecule has 1 saturated heterocycles. The molecule has 1 fully saturated rings. The van der Waals surface area contributed by atoms with Crippen LogP contribution >= 0.6 is 0 Å². The van der Waals surface area contributed by atoms with Crippen molar-refractivity contribution in [3.05, 3.63) is 0 Å². The Morgan fingerprint density at radius 1 is 1.42 bits per heavy atom. The molecule has 1 heterocycles. The Balaban J connectivity index is 2.57. The maximum absolute atomic E-state index is 12.2. The van der Waals surface area contributed by atoms with Gasteiger partial charge in [-0.1, -0.05) is 0 Å². The molecule has 0 aromatic rings. The molecule has 0 amide bonds. The molecule has 2 atom stereocenters. The molecule has 0 aliphatic carbocycles. The summed E-state index contributed by atoms with van der Waals surface area (Å²) in [4.78, 5) is 1.83. The van der Waals surface area contributed by atoms with Crippen molar-refractivity contribution in [2.24, 2.45) is 11.7 Å². The van der Waals surface area contributed by atoms with E-state index in [9.17, 15) is 13.2 Å². The van der Waals surface area contributed by atoms with E-state index in [2.05, 4.69) is 0 Å². The van der Waals surface area contributed by atoms with E-state index < -0.39 is 18.1 Å². The predicted molar refractivity (Wildman–Crippen MR) is 39.6 cm³/mol. The summed E-state index contributed by atoms with van der Waals surface area (Å²) < 4.78 is 36.7. The molecule has 5 heteroatoms. The number of likely N-dealkylation sites (tertiary alicyclic amines) is 1. The normalized spacial score (nSPS) is 33.8. The van der Waals surface area contributed by atoms with Crippen LogP contribution in [-0.2, 0) is 0 Å². The summed E-state index contributed by atoms with van der Waals surface area (Å²) >= 11 is 0. The first kappa shape index (κ1) is 9.80. The highest BCUT2D eigenvalue weighted by atomic mass is 19.4. The van der Waals surface area contributed by atoms with Crippen LogP contribution in [0.4, 0.5) is 13.2 Å². The number of rotatable bonds is 0. The van der Waals surface area contributed by atoms with Gasteiger partial charge in [-0.15, -0.1) is 0 Å². The van der Waals surface area contributed by atoms with Crippen molar-refractivity contribution in [1.29, 1.82) is 0 Å². The van der Waals surface area contributed by atoms with Crippen LogP contribution in [0.3, 0.4) is 0 Å². The van der Waals surface area contributed by atoms with Crippen molar-refractivity contribution in [1.82, 2.24) is 4.90 Å². The Morgan fingerprint density at radius 3 is 2.42 bits per heavy atom. The molecule has 0 aromatic carbocycles. The summed E-state index contributed by atoms with van der Waals surface area (Å²) in [7, 11) is 1.78. The Kier molecular flexibility index (Phi) is 2.63. The van der Waals surface area contributed by atoms with Gasteiger partial charge in [-0.05, 0) is 20.0 Å². The zero-order chi connectivity index (χ0) is 9.35. The van der Waals surface area contributed by atoms with E-state index in [0.29, 0.717) is 13.1 Å². The maximum Gasteiger partial charge on any atom is 0.393 e. The lowest BCUT2D eigenvalue weighted by Crippen LogP contribution is -2.51. The first-order chi connectivity index (χ1) is 5.41. The van der Waals surface area contributed by atoms with Gasteiger partial charge < -0.3 is 10.6 Å². The third-order valence-corrected chi connectivity index (χ3v) is 2.28. The van der Waals surface area contributed by atoms with Crippen LogP contribution in [0.2, 0.25) is 0 Å². The van der Waals surface area contributed by atoms with Crippen LogP contribution in [0.25, 0.3) is 0 Å². The average molecular weight is 182 g/mol. The second-order valence-electron chi connectivity index (χ2n) is 3.36. The van der Waals surface area contributed by atoms with Crippen molar-refractivity contribution in [3.8, 4) is 0 Å². The van der Waals surface area contributed by atoms with Gasteiger partial charge in [0.05, 0.1) is 5.92 Å². The molecule has 0 radical (unpaired) electrons. The average Bonchev–Trinajstić information content (AvgIpc) is 1.83. The van der Waals surface area contributed by atoms with Gasteiger partial charge in [0.25, 0.3) is 0 Å². The highest BCUT2D eigenvalue weighted by molar-refractivity contribution is 4.85. The molecule has 1 rings (SSSR count). The van der Waals surface area contributed by atoms with Gasteiger partial charge in [0.2, 0.25) is 0 Å². The van der Waals surface area contributed by atoms with Crippen LogP contribution in [0.5, 0.6) is 0 Å². The van der Waals surface area contributed by atoms with Crippen molar-refractivity contribution >= 4 is 0 Å². The van der Waals surface area contributed by atoms with Crippen molar-refractivity contribution in [2.45, 2.75) is 18.6 Å². The summed E-state index contributed by atoms with van der Waals surface area (Å²) in [6, 6.07) is -0.760. The van der Waals surface area contributed by atoms with Gasteiger partial charge in [0.15, 0.2) is 0 Å². The maximum atomic E-state index is 12.2. The summed E-state index contributed by atoms with van der Waals surface area (Å²) in [5, 5.41) is 0. The predicted octanol–water partition coefficient (Wildman–Crippen LogP) is 0.828. The highest BCUT2D eigenvalue weighted by Gasteiger charge is 2.44. The lowest BCUT2D eigenvalue weighted by molar-refractivity contribution is -0.188. The van der Waals surface area contributed by atoms with Crippen molar-refractivity contribution < 1.29 is 13.2 Å². The molecule has 2 nitrogen and oxygen atoms in total. The minimum Gasteiger partial charge on any atom is -0.326 e. The van der Waals surface area contributed by atoms with Crippen LogP contribution in [-0.4, -0.2) is 37.3 Å². The highest BCUT2D eigenvalue weighted by Crippen LogP contribution is 2.33. The molecule has 0 spiro atoms. The Labute approximate surface area is 69.5 Å². The summed E-state index contributed by atoms with van der Waals surface area (Å²) in [6.07, 6.45) is -4.00. The molecule has 0 unspecified atom stereocenters. The molecule has 12 heavy (non-hydrogen) atoms. The second kappa shape index (κ2) is 3.22. The molecule has 72 valence electrons. The fraction of sp³-hybridized carbons (Fsp3) is 1.00. The van der Waals surface area contributed by atoms with E-state index in [1.54, 1.807) is 7.05 Å². The smallest absolute Gasteiger partial charge is 0.326 e. The molecule has 0 bridgehead atoms. The van der Waals surface area contributed by atoms with Gasteiger partial charge in [0, 0.05) is 12.6 Å². The topological polar surface area (TPSA) is 29.3 Å². The van der Waals surface area contributed by atoms with Gasteiger partial charge in [-0.3, -0.25) is 0 Å². The first-order valence-electron chi connectivity index (χ1n) is 3.92. The molecule has 1 aliphatic rings. The third-order valence-electron chi connectivity index (χ3n) is 2.28. The Hall–Kier alpha value is -0.290. The van der Waals surface area contributed by atoms with E-state index in [0.717, 1.165) is 0 Å². The number of hydrogen-bond donors (Lipinski definition) is 1.